The van der Waals surface area contributed by atoms with Crippen LogP contribution in [0.1, 0.15) is 50.7 Å². The number of thiophene rings is 2. The molecule has 0 aliphatic heterocycles. The lowest BCUT2D eigenvalue weighted by Crippen LogP contribution is -2.16. The molecule has 6 nitrogen and oxygen atoms in total. The van der Waals surface area contributed by atoms with E-state index < -0.39 is 5.97 Å². The van der Waals surface area contributed by atoms with E-state index in [1.165, 1.54) is 22.7 Å². The van der Waals surface area contributed by atoms with Crippen molar-refractivity contribution in [1.82, 2.24) is 4.98 Å². The van der Waals surface area contributed by atoms with Crippen molar-refractivity contribution in [3.63, 3.8) is 0 Å². The molecule has 1 aliphatic carbocycles. The summed E-state index contributed by atoms with van der Waals surface area (Å²) in [5, 5.41) is 4.31. The highest BCUT2D eigenvalue weighted by molar-refractivity contribution is 7.21. The number of hydrogen-bond donors (Lipinski definition) is 2. The molecule has 0 radical (unpaired) electrons. The molecule has 40 heavy (non-hydrogen) atoms. The van der Waals surface area contributed by atoms with E-state index in [0.717, 1.165) is 57.5 Å². The van der Waals surface area contributed by atoms with Crippen molar-refractivity contribution in [2.45, 2.75) is 33.1 Å². The highest BCUT2D eigenvalue weighted by Crippen LogP contribution is 2.43. The predicted octanol–water partition coefficient (Wildman–Crippen LogP) is 7.83. The summed E-state index contributed by atoms with van der Waals surface area (Å²) in [7, 11) is 0. The summed E-state index contributed by atoms with van der Waals surface area (Å²) < 4.78 is 5.38. The van der Waals surface area contributed by atoms with Gasteiger partial charge >= 0.3 is 5.97 Å². The number of hydrogen-bond acceptors (Lipinski definition) is 7. The molecule has 0 unspecified atom stereocenters. The third-order valence-electron chi connectivity index (χ3n) is 7.28. The van der Waals surface area contributed by atoms with Gasteiger partial charge in [0.2, 0.25) is 0 Å². The third kappa shape index (κ3) is 4.78. The van der Waals surface area contributed by atoms with E-state index in [1.807, 2.05) is 66.7 Å². The van der Waals surface area contributed by atoms with Gasteiger partial charge < -0.3 is 15.8 Å². The molecule has 2 aromatic carbocycles. The van der Waals surface area contributed by atoms with Crippen molar-refractivity contribution in [2.24, 2.45) is 5.92 Å². The van der Waals surface area contributed by atoms with Crippen LogP contribution in [0, 0.1) is 5.92 Å². The highest BCUT2D eigenvalue weighted by Gasteiger charge is 2.30. The summed E-state index contributed by atoms with van der Waals surface area (Å²) in [6.45, 7) is 4.27. The van der Waals surface area contributed by atoms with E-state index in [1.54, 1.807) is 6.92 Å². The first kappa shape index (κ1) is 26.2. The van der Waals surface area contributed by atoms with Crippen molar-refractivity contribution >= 4 is 55.5 Å². The normalized spacial score (nSPS) is 14.6. The Hall–Kier alpha value is -4.01. The van der Waals surface area contributed by atoms with Gasteiger partial charge in [-0.05, 0) is 54.9 Å². The molecule has 6 rings (SSSR count). The molecule has 8 heteroatoms. The van der Waals surface area contributed by atoms with Crippen LogP contribution in [0.3, 0.4) is 0 Å². The molecule has 0 bridgehead atoms. The fraction of sp³-hybridized carbons (Fsp3) is 0.219. The van der Waals surface area contributed by atoms with Gasteiger partial charge in [0, 0.05) is 15.8 Å². The second kappa shape index (κ2) is 10.9. The Morgan fingerprint density at radius 1 is 1.05 bits per heavy atom. The van der Waals surface area contributed by atoms with Gasteiger partial charge in [0.1, 0.15) is 14.7 Å². The molecule has 3 N–H and O–H groups in total. The fourth-order valence-corrected chi connectivity index (χ4v) is 7.72. The Morgan fingerprint density at radius 3 is 2.45 bits per heavy atom. The zero-order chi connectivity index (χ0) is 27.8. The number of nitrogens with two attached hydrogens (primary N) is 1. The number of ether oxygens (including phenoxy) is 1. The molecule has 0 saturated carbocycles. The number of anilines is 2. The van der Waals surface area contributed by atoms with Gasteiger partial charge in [0.25, 0.3) is 5.91 Å². The highest BCUT2D eigenvalue weighted by atomic mass is 32.1. The van der Waals surface area contributed by atoms with Gasteiger partial charge in [0.15, 0.2) is 0 Å². The maximum Gasteiger partial charge on any atom is 0.341 e. The van der Waals surface area contributed by atoms with Crippen LogP contribution in [0.2, 0.25) is 0 Å². The Kier molecular flexibility index (Phi) is 7.12. The lowest BCUT2D eigenvalue weighted by molar-refractivity contribution is 0.0526. The summed E-state index contributed by atoms with van der Waals surface area (Å²) in [5.41, 5.74) is 12.3. The average molecular weight is 568 g/mol. The maximum atomic E-state index is 13.8. The van der Waals surface area contributed by atoms with Gasteiger partial charge in [-0.3, -0.25) is 4.79 Å². The Labute approximate surface area is 240 Å². The van der Waals surface area contributed by atoms with Crippen LogP contribution in [0.5, 0.6) is 0 Å². The largest absolute Gasteiger partial charge is 0.462 e. The van der Waals surface area contributed by atoms with Crippen LogP contribution in [-0.4, -0.2) is 23.5 Å². The van der Waals surface area contributed by atoms with Gasteiger partial charge in [-0.1, -0.05) is 67.6 Å². The van der Waals surface area contributed by atoms with Crippen LogP contribution < -0.4 is 11.1 Å². The minimum Gasteiger partial charge on any atom is -0.462 e. The number of fused-ring (bicyclic) bond motifs is 2. The van der Waals surface area contributed by atoms with E-state index in [9.17, 15) is 9.59 Å². The second-order valence-corrected chi connectivity index (χ2v) is 12.1. The van der Waals surface area contributed by atoms with Crippen LogP contribution in [0.4, 0.5) is 10.7 Å². The smallest absolute Gasteiger partial charge is 0.341 e. The van der Waals surface area contributed by atoms with Crippen LogP contribution >= 0.6 is 22.7 Å². The average Bonchev–Trinajstić information content (AvgIpc) is 3.50. The summed E-state index contributed by atoms with van der Waals surface area (Å²) in [5.74, 6) is -0.211. The maximum absolute atomic E-state index is 13.8. The summed E-state index contributed by atoms with van der Waals surface area (Å²) in [6.07, 6.45) is 2.69. The van der Waals surface area contributed by atoms with Crippen molar-refractivity contribution in [2.75, 3.05) is 17.7 Å². The molecule has 3 heterocycles. The minimum absolute atomic E-state index is 0.272. The van der Waals surface area contributed by atoms with E-state index in [4.69, 9.17) is 15.5 Å². The quantitative estimate of drug-likeness (QED) is 0.204. The Balaban J connectivity index is 1.45. The van der Waals surface area contributed by atoms with Crippen LogP contribution in [-0.2, 0) is 17.6 Å². The number of carbonyl (C=O) groups excluding carboxylic acids is 2. The number of amides is 1. The predicted molar refractivity (Wildman–Crippen MR) is 164 cm³/mol. The molecule has 0 fully saturated rings. The van der Waals surface area contributed by atoms with Crippen molar-refractivity contribution < 1.29 is 14.3 Å². The fourth-order valence-electron chi connectivity index (χ4n) is 5.31. The Morgan fingerprint density at radius 2 is 1.75 bits per heavy atom. The standard InChI is InChI=1S/C32H29N3O3S2/c1-3-38-32(37)26-21-15-14-18(2)16-24(21)39-31(26)35-29(36)28-27(33)25-22(19-10-6-4-7-11-19)17-23(34-30(25)40-28)20-12-8-5-9-13-20/h4-13,17-18H,3,14-16,33H2,1-2H3,(H,35,36)/t18-/m1/s1. The van der Waals surface area contributed by atoms with Crippen molar-refractivity contribution in [3.05, 3.63) is 87.6 Å². The van der Waals surface area contributed by atoms with Crippen molar-refractivity contribution in [1.29, 1.82) is 0 Å². The summed E-state index contributed by atoms with van der Waals surface area (Å²) in [4.78, 5) is 33.9. The number of pyridine rings is 1. The van der Waals surface area contributed by atoms with Crippen LogP contribution in [0.25, 0.3) is 32.6 Å². The lowest BCUT2D eigenvalue weighted by Gasteiger charge is -2.18. The van der Waals surface area contributed by atoms with Gasteiger partial charge in [0.05, 0.1) is 23.6 Å². The van der Waals surface area contributed by atoms with E-state index in [0.29, 0.717) is 31.9 Å². The molecule has 0 spiro atoms. The zero-order valence-corrected chi connectivity index (χ0v) is 24.0. The second-order valence-electron chi connectivity index (χ2n) is 10.0. The lowest BCUT2D eigenvalue weighted by atomic mass is 9.88. The number of nitrogens with one attached hydrogen (secondary N) is 1. The molecule has 1 amide bonds. The van der Waals surface area contributed by atoms with E-state index >= 15 is 0 Å². The zero-order valence-electron chi connectivity index (χ0n) is 22.3. The first-order valence-corrected chi connectivity index (χ1v) is 15.0. The molecule has 5 aromatic rings. The van der Waals surface area contributed by atoms with E-state index in [-0.39, 0.29) is 12.5 Å². The molecule has 1 aliphatic rings. The third-order valence-corrected chi connectivity index (χ3v) is 9.55. The molecule has 3 aromatic heterocycles. The minimum atomic E-state index is -0.394. The number of carbonyl (C=O) groups is 2. The topological polar surface area (TPSA) is 94.3 Å². The number of aromatic nitrogens is 1. The van der Waals surface area contributed by atoms with Gasteiger partial charge in [-0.25, -0.2) is 9.78 Å². The molecule has 1 atom stereocenters. The molecular formula is C32H29N3O3S2. The number of nitrogens with zero attached hydrogens (tertiary/aromatic N) is 1. The molecular weight excluding hydrogens is 539 g/mol. The summed E-state index contributed by atoms with van der Waals surface area (Å²) >= 11 is 2.74. The summed E-state index contributed by atoms with van der Waals surface area (Å²) in [6, 6.07) is 22.0. The van der Waals surface area contributed by atoms with Crippen molar-refractivity contribution in [3.8, 4) is 22.4 Å². The molecule has 0 saturated heterocycles. The molecule has 202 valence electrons. The SMILES string of the molecule is CCOC(=O)c1c(NC(=O)c2sc3nc(-c4ccccc4)cc(-c4ccccc4)c3c2N)sc2c1CC[C@@H](C)C2. The number of benzene rings is 2. The van der Waals surface area contributed by atoms with E-state index in [2.05, 4.69) is 12.2 Å². The van der Waals surface area contributed by atoms with Crippen LogP contribution in [0.15, 0.2) is 66.7 Å². The monoisotopic (exact) mass is 567 g/mol. The first-order chi connectivity index (χ1) is 19.4. The number of nitrogen functional groups attached to an aromatic ring is 1. The van der Waals surface area contributed by atoms with Gasteiger partial charge in [-0.15, -0.1) is 22.7 Å². The number of esters is 1. The number of rotatable bonds is 6. The van der Waals surface area contributed by atoms with Gasteiger partial charge in [-0.2, -0.15) is 0 Å². The Bertz CT molecular complexity index is 1730. The first-order valence-electron chi connectivity index (χ1n) is 13.4.